The fourth-order valence-electron chi connectivity index (χ4n) is 2.21. The lowest BCUT2D eigenvalue weighted by atomic mass is 10.1. The molecule has 0 fully saturated rings. The van der Waals surface area contributed by atoms with E-state index < -0.39 is 4.92 Å². The van der Waals surface area contributed by atoms with Crippen LogP contribution in [0.4, 0.5) is 11.4 Å². The number of hydrogen-bond acceptors (Lipinski definition) is 5. The second kappa shape index (κ2) is 6.05. The zero-order valence-electron chi connectivity index (χ0n) is 12.4. The van der Waals surface area contributed by atoms with Crippen molar-refractivity contribution in [3.63, 3.8) is 0 Å². The highest BCUT2D eigenvalue weighted by atomic mass is 16.6. The summed E-state index contributed by atoms with van der Waals surface area (Å²) in [5.74, 6) is 0. The summed E-state index contributed by atoms with van der Waals surface area (Å²) in [5.41, 5.74) is 1.10. The number of nitro benzene ring substituents is 1. The Morgan fingerprint density at radius 1 is 1.38 bits per heavy atom. The summed E-state index contributed by atoms with van der Waals surface area (Å²) in [4.78, 5) is 14.9. The molecule has 2 aromatic rings. The molecule has 21 heavy (non-hydrogen) atoms. The monoisotopic (exact) mass is 289 g/mol. The van der Waals surface area contributed by atoms with Gasteiger partial charge in [-0.1, -0.05) is 0 Å². The number of nitrogens with one attached hydrogen (secondary N) is 1. The molecule has 0 amide bonds. The van der Waals surface area contributed by atoms with E-state index in [0.29, 0.717) is 24.1 Å². The van der Waals surface area contributed by atoms with Crippen LogP contribution in [0.2, 0.25) is 0 Å². The molecule has 2 rings (SSSR count). The first-order chi connectivity index (χ1) is 9.94. The van der Waals surface area contributed by atoms with Gasteiger partial charge in [-0.15, -0.1) is 0 Å². The maximum absolute atomic E-state index is 11.1. The highest BCUT2D eigenvalue weighted by Crippen LogP contribution is 2.30. The van der Waals surface area contributed by atoms with Gasteiger partial charge in [-0.2, -0.15) is 0 Å². The zero-order valence-corrected chi connectivity index (χ0v) is 12.4. The van der Waals surface area contributed by atoms with Crippen LogP contribution in [0.5, 0.6) is 0 Å². The first-order valence-corrected chi connectivity index (χ1v) is 6.84. The average Bonchev–Trinajstić information content (AvgIpc) is 2.44. The molecule has 6 heteroatoms. The van der Waals surface area contributed by atoms with Crippen molar-refractivity contribution in [2.24, 2.45) is 0 Å². The molecule has 0 saturated heterocycles. The van der Waals surface area contributed by atoms with E-state index in [9.17, 15) is 10.1 Å². The number of hydrogen-bond donors (Lipinski definition) is 1. The maximum Gasteiger partial charge on any atom is 0.278 e. The van der Waals surface area contributed by atoms with Crippen LogP contribution < -0.4 is 5.32 Å². The highest BCUT2D eigenvalue weighted by molar-refractivity contribution is 5.96. The summed E-state index contributed by atoms with van der Waals surface area (Å²) in [6.07, 6.45) is 1.63. The van der Waals surface area contributed by atoms with Crippen LogP contribution in [-0.4, -0.2) is 28.7 Å². The Morgan fingerprint density at radius 3 is 2.81 bits per heavy atom. The number of rotatable bonds is 6. The van der Waals surface area contributed by atoms with E-state index in [2.05, 4.69) is 10.3 Å². The number of nitrogens with zero attached hydrogens (tertiary/aromatic N) is 2. The molecule has 0 aliphatic carbocycles. The molecule has 0 aliphatic rings. The summed E-state index contributed by atoms with van der Waals surface area (Å²) in [7, 11) is 0. The van der Waals surface area contributed by atoms with E-state index in [4.69, 9.17) is 4.74 Å². The van der Waals surface area contributed by atoms with Gasteiger partial charge < -0.3 is 10.1 Å². The van der Waals surface area contributed by atoms with Gasteiger partial charge in [-0.05, 0) is 39.0 Å². The molecule has 1 N–H and O–H groups in total. The molecule has 0 spiro atoms. The Morgan fingerprint density at radius 2 is 2.14 bits per heavy atom. The topological polar surface area (TPSA) is 77.3 Å². The average molecular weight is 289 g/mol. The molecular weight excluding hydrogens is 270 g/mol. The molecule has 0 atom stereocenters. The predicted molar refractivity (Wildman–Crippen MR) is 82.6 cm³/mol. The van der Waals surface area contributed by atoms with Crippen molar-refractivity contribution in [1.29, 1.82) is 0 Å². The van der Waals surface area contributed by atoms with Crippen molar-refractivity contribution >= 4 is 22.3 Å². The van der Waals surface area contributed by atoms with E-state index in [0.717, 1.165) is 5.69 Å². The lowest BCUT2D eigenvalue weighted by molar-refractivity contribution is -0.383. The molecule has 0 saturated carbocycles. The third-order valence-electron chi connectivity index (χ3n) is 3.18. The first kappa shape index (κ1) is 15.2. The van der Waals surface area contributed by atoms with E-state index in [1.807, 2.05) is 20.8 Å². The normalized spacial score (nSPS) is 11.6. The summed E-state index contributed by atoms with van der Waals surface area (Å²) >= 11 is 0. The first-order valence-electron chi connectivity index (χ1n) is 6.84. The second-order valence-corrected chi connectivity index (χ2v) is 5.34. The van der Waals surface area contributed by atoms with Crippen LogP contribution in [0.15, 0.2) is 30.5 Å². The minimum atomic E-state index is -0.391. The maximum atomic E-state index is 11.1. The minimum absolute atomic E-state index is 0.0627. The van der Waals surface area contributed by atoms with Gasteiger partial charge in [0.05, 0.1) is 21.6 Å². The van der Waals surface area contributed by atoms with Gasteiger partial charge >= 0.3 is 0 Å². The number of fused-ring (bicyclic) bond motifs is 1. The van der Waals surface area contributed by atoms with Crippen LogP contribution in [0.25, 0.3) is 10.9 Å². The lowest BCUT2D eigenvalue weighted by Crippen LogP contribution is -2.33. The SMILES string of the molecule is CCOC(C)(C)CNc1ccc([N+](=O)[O-])c2cccnc12. The summed E-state index contributed by atoms with van der Waals surface area (Å²) in [6, 6.07) is 6.60. The Balaban J connectivity index is 2.34. The Bertz CT molecular complexity index is 656. The largest absolute Gasteiger partial charge is 0.380 e. The van der Waals surface area contributed by atoms with Crippen LogP contribution in [-0.2, 0) is 4.74 Å². The molecule has 1 aromatic heterocycles. The van der Waals surface area contributed by atoms with Gasteiger partial charge in [0.25, 0.3) is 5.69 Å². The molecule has 1 heterocycles. The summed E-state index contributed by atoms with van der Waals surface area (Å²) in [5, 5.41) is 14.9. The van der Waals surface area contributed by atoms with Crippen molar-refractivity contribution in [3.05, 3.63) is 40.6 Å². The van der Waals surface area contributed by atoms with Crippen LogP contribution in [0.3, 0.4) is 0 Å². The van der Waals surface area contributed by atoms with Crippen molar-refractivity contribution < 1.29 is 9.66 Å². The highest BCUT2D eigenvalue weighted by Gasteiger charge is 2.19. The Labute approximate surface area is 123 Å². The van der Waals surface area contributed by atoms with Crippen molar-refractivity contribution in [2.45, 2.75) is 26.4 Å². The van der Waals surface area contributed by atoms with Gasteiger partial charge in [0.2, 0.25) is 0 Å². The molecule has 1 aromatic carbocycles. The van der Waals surface area contributed by atoms with E-state index >= 15 is 0 Å². The minimum Gasteiger partial charge on any atom is -0.380 e. The fraction of sp³-hybridized carbons (Fsp3) is 0.400. The molecule has 6 nitrogen and oxygen atoms in total. The lowest BCUT2D eigenvalue weighted by Gasteiger charge is -2.25. The molecule has 0 aliphatic heterocycles. The van der Waals surface area contributed by atoms with Crippen LogP contribution >= 0.6 is 0 Å². The number of nitro groups is 1. The number of ether oxygens (including phenoxy) is 1. The predicted octanol–water partition coefficient (Wildman–Crippen LogP) is 3.37. The van der Waals surface area contributed by atoms with E-state index in [1.54, 1.807) is 24.4 Å². The summed E-state index contributed by atoms with van der Waals surface area (Å²) < 4.78 is 5.63. The van der Waals surface area contributed by atoms with Gasteiger partial charge in [0, 0.05) is 25.4 Å². The molecule has 0 unspecified atom stereocenters. The Kier molecular flexibility index (Phi) is 4.37. The van der Waals surface area contributed by atoms with Crippen molar-refractivity contribution in [1.82, 2.24) is 4.98 Å². The molecular formula is C15H19N3O3. The van der Waals surface area contributed by atoms with Crippen molar-refractivity contribution in [2.75, 3.05) is 18.5 Å². The van der Waals surface area contributed by atoms with Crippen molar-refractivity contribution in [3.8, 4) is 0 Å². The third kappa shape index (κ3) is 3.46. The van der Waals surface area contributed by atoms with Gasteiger partial charge in [0.1, 0.15) is 5.52 Å². The van der Waals surface area contributed by atoms with Gasteiger partial charge in [0.15, 0.2) is 0 Å². The number of non-ortho nitro benzene ring substituents is 1. The summed E-state index contributed by atoms with van der Waals surface area (Å²) in [6.45, 7) is 7.15. The quantitative estimate of drug-likeness (QED) is 0.651. The van der Waals surface area contributed by atoms with Gasteiger partial charge in [-0.3, -0.25) is 15.1 Å². The number of benzene rings is 1. The Hall–Kier alpha value is -2.21. The number of anilines is 1. The van der Waals surface area contributed by atoms with Gasteiger partial charge in [-0.25, -0.2) is 0 Å². The molecule has 0 bridgehead atoms. The van der Waals surface area contributed by atoms with Crippen LogP contribution in [0, 0.1) is 10.1 Å². The molecule has 112 valence electrons. The zero-order chi connectivity index (χ0) is 15.5. The third-order valence-corrected chi connectivity index (χ3v) is 3.18. The number of aromatic nitrogens is 1. The smallest absolute Gasteiger partial charge is 0.278 e. The van der Waals surface area contributed by atoms with E-state index in [-0.39, 0.29) is 11.3 Å². The fourth-order valence-corrected chi connectivity index (χ4v) is 2.21. The molecule has 0 radical (unpaired) electrons. The standard InChI is InChI=1S/C15H19N3O3/c1-4-21-15(2,3)10-17-12-7-8-13(18(19)20)11-6-5-9-16-14(11)12/h5-9,17H,4,10H2,1-3H3. The number of pyridine rings is 1. The van der Waals surface area contributed by atoms with E-state index in [1.165, 1.54) is 6.07 Å². The second-order valence-electron chi connectivity index (χ2n) is 5.34. The van der Waals surface area contributed by atoms with Crippen LogP contribution in [0.1, 0.15) is 20.8 Å².